The fraction of sp³-hybridized carbons (Fsp3) is 0.188. The average Bonchev–Trinajstić information content (AvgIpc) is 2.52. The second-order valence-corrected chi connectivity index (χ2v) is 5.66. The van der Waals surface area contributed by atoms with Crippen molar-refractivity contribution in [3.63, 3.8) is 0 Å². The van der Waals surface area contributed by atoms with Crippen molar-refractivity contribution in [2.75, 3.05) is 6.61 Å². The summed E-state index contributed by atoms with van der Waals surface area (Å²) in [6, 6.07) is 11.3. The van der Waals surface area contributed by atoms with E-state index in [0.29, 0.717) is 11.3 Å². The van der Waals surface area contributed by atoms with E-state index in [0.717, 1.165) is 10.0 Å². The predicted octanol–water partition coefficient (Wildman–Crippen LogP) is 3.79. The second-order valence-electron chi connectivity index (χ2n) is 4.81. The van der Waals surface area contributed by atoms with Gasteiger partial charge in [-0.05, 0) is 58.2 Å². The molecule has 0 fully saturated rings. The lowest BCUT2D eigenvalue weighted by Crippen LogP contribution is -2.15. The van der Waals surface area contributed by atoms with E-state index in [1.54, 1.807) is 18.2 Å². The Labute approximate surface area is 141 Å². The molecule has 0 saturated carbocycles. The third-order valence-electron chi connectivity index (χ3n) is 2.98. The summed E-state index contributed by atoms with van der Waals surface area (Å²) in [4.78, 5) is 21.7. The standard InChI is InChI=1S/C16H14BrNO5/c1-11-2-7-15(14(17)8-11)22-10-16(19)23-9-12-3-5-13(6-4-12)18(20)21/h2-8H,9-10H2,1H3. The van der Waals surface area contributed by atoms with Crippen LogP contribution in [0.1, 0.15) is 11.1 Å². The lowest BCUT2D eigenvalue weighted by atomic mass is 10.2. The van der Waals surface area contributed by atoms with E-state index >= 15 is 0 Å². The van der Waals surface area contributed by atoms with Gasteiger partial charge < -0.3 is 9.47 Å². The van der Waals surface area contributed by atoms with Crippen molar-refractivity contribution < 1.29 is 19.2 Å². The van der Waals surface area contributed by atoms with Gasteiger partial charge in [0.15, 0.2) is 6.61 Å². The highest BCUT2D eigenvalue weighted by Gasteiger charge is 2.09. The number of benzene rings is 2. The predicted molar refractivity (Wildman–Crippen MR) is 87.3 cm³/mol. The molecule has 0 radical (unpaired) electrons. The number of carbonyl (C=O) groups is 1. The molecule has 0 atom stereocenters. The summed E-state index contributed by atoms with van der Waals surface area (Å²) >= 11 is 3.36. The molecule has 120 valence electrons. The van der Waals surface area contributed by atoms with Gasteiger partial charge in [0, 0.05) is 12.1 Å². The normalized spacial score (nSPS) is 10.2. The third-order valence-corrected chi connectivity index (χ3v) is 3.60. The number of hydrogen-bond donors (Lipinski definition) is 0. The van der Waals surface area contributed by atoms with Crippen molar-refractivity contribution in [1.82, 2.24) is 0 Å². The summed E-state index contributed by atoms with van der Waals surface area (Å²) in [5.74, 6) is 0.0405. The second kappa shape index (κ2) is 7.73. The molecule has 0 N–H and O–H groups in total. The molecule has 0 heterocycles. The van der Waals surface area contributed by atoms with Crippen LogP contribution in [0.15, 0.2) is 46.9 Å². The lowest BCUT2D eigenvalue weighted by Gasteiger charge is -2.09. The fourth-order valence-electron chi connectivity index (χ4n) is 1.78. The highest BCUT2D eigenvalue weighted by Crippen LogP contribution is 2.25. The summed E-state index contributed by atoms with van der Waals surface area (Å²) in [5.41, 5.74) is 1.73. The van der Waals surface area contributed by atoms with Crippen molar-refractivity contribution in [3.05, 3.63) is 68.2 Å². The molecule has 0 bridgehead atoms. The van der Waals surface area contributed by atoms with Gasteiger partial charge in [-0.15, -0.1) is 0 Å². The number of carbonyl (C=O) groups excluding carboxylic acids is 1. The first kappa shape index (κ1) is 17.0. The van der Waals surface area contributed by atoms with Crippen LogP contribution in [0.5, 0.6) is 5.75 Å². The van der Waals surface area contributed by atoms with Gasteiger partial charge in [0.25, 0.3) is 5.69 Å². The maximum atomic E-state index is 11.7. The Hall–Kier alpha value is -2.41. The maximum Gasteiger partial charge on any atom is 0.344 e. The van der Waals surface area contributed by atoms with Crippen LogP contribution in [-0.2, 0) is 16.1 Å². The summed E-state index contributed by atoms with van der Waals surface area (Å²) in [7, 11) is 0. The van der Waals surface area contributed by atoms with Crippen LogP contribution in [0.2, 0.25) is 0 Å². The van der Waals surface area contributed by atoms with Crippen LogP contribution < -0.4 is 4.74 Å². The monoisotopic (exact) mass is 379 g/mol. The first-order valence-corrected chi connectivity index (χ1v) is 7.53. The van der Waals surface area contributed by atoms with E-state index in [2.05, 4.69) is 15.9 Å². The molecule has 0 saturated heterocycles. The van der Waals surface area contributed by atoms with Crippen molar-refractivity contribution in [2.45, 2.75) is 13.5 Å². The molecule has 0 unspecified atom stereocenters. The van der Waals surface area contributed by atoms with Gasteiger partial charge >= 0.3 is 5.97 Å². The highest BCUT2D eigenvalue weighted by molar-refractivity contribution is 9.10. The van der Waals surface area contributed by atoms with E-state index in [1.807, 2.05) is 19.1 Å². The summed E-state index contributed by atoms with van der Waals surface area (Å²) in [6.45, 7) is 1.77. The molecule has 0 amide bonds. The maximum absolute atomic E-state index is 11.7. The number of ether oxygens (including phenoxy) is 2. The van der Waals surface area contributed by atoms with E-state index < -0.39 is 10.9 Å². The van der Waals surface area contributed by atoms with Crippen molar-refractivity contribution >= 4 is 27.6 Å². The Balaban J connectivity index is 1.82. The third kappa shape index (κ3) is 5.07. The molecule has 0 spiro atoms. The number of nitrogens with zero attached hydrogens (tertiary/aromatic N) is 1. The summed E-state index contributed by atoms with van der Waals surface area (Å²) < 4.78 is 11.2. The van der Waals surface area contributed by atoms with Gasteiger partial charge in [0.1, 0.15) is 12.4 Å². The minimum atomic E-state index is -0.518. The molecule has 0 aliphatic heterocycles. The van der Waals surface area contributed by atoms with E-state index in [4.69, 9.17) is 9.47 Å². The quantitative estimate of drug-likeness (QED) is 0.433. The lowest BCUT2D eigenvalue weighted by molar-refractivity contribution is -0.384. The van der Waals surface area contributed by atoms with Crippen LogP contribution in [0.3, 0.4) is 0 Å². The Kier molecular flexibility index (Phi) is 5.70. The van der Waals surface area contributed by atoms with Crippen LogP contribution in [-0.4, -0.2) is 17.5 Å². The Morgan fingerprint density at radius 1 is 1.22 bits per heavy atom. The van der Waals surface area contributed by atoms with Crippen molar-refractivity contribution in [2.24, 2.45) is 0 Å². The zero-order valence-corrected chi connectivity index (χ0v) is 13.9. The number of halogens is 1. The first-order valence-electron chi connectivity index (χ1n) is 6.73. The van der Waals surface area contributed by atoms with Crippen LogP contribution >= 0.6 is 15.9 Å². The molecular weight excluding hydrogens is 366 g/mol. The number of nitro groups is 1. The smallest absolute Gasteiger partial charge is 0.344 e. The highest BCUT2D eigenvalue weighted by atomic mass is 79.9. The fourth-order valence-corrected chi connectivity index (χ4v) is 2.39. The molecule has 7 heteroatoms. The first-order chi connectivity index (χ1) is 11.0. The molecule has 0 aliphatic carbocycles. The average molecular weight is 380 g/mol. The molecule has 2 aromatic carbocycles. The summed E-state index contributed by atoms with van der Waals surface area (Å²) in [6.07, 6.45) is 0. The zero-order chi connectivity index (χ0) is 16.8. The molecule has 2 rings (SSSR count). The van der Waals surface area contributed by atoms with E-state index in [1.165, 1.54) is 12.1 Å². The minimum Gasteiger partial charge on any atom is -0.481 e. The van der Waals surface area contributed by atoms with Gasteiger partial charge in [-0.25, -0.2) is 4.79 Å². The Morgan fingerprint density at radius 2 is 1.91 bits per heavy atom. The van der Waals surface area contributed by atoms with Crippen LogP contribution in [0.4, 0.5) is 5.69 Å². The van der Waals surface area contributed by atoms with Crippen molar-refractivity contribution in [1.29, 1.82) is 0 Å². The topological polar surface area (TPSA) is 78.7 Å². The van der Waals surface area contributed by atoms with Gasteiger partial charge in [-0.1, -0.05) is 6.07 Å². The Morgan fingerprint density at radius 3 is 2.52 bits per heavy atom. The van der Waals surface area contributed by atoms with E-state index in [-0.39, 0.29) is 18.9 Å². The number of nitro benzene ring substituents is 1. The minimum absolute atomic E-state index is 0.00682. The van der Waals surface area contributed by atoms with E-state index in [9.17, 15) is 14.9 Å². The van der Waals surface area contributed by atoms with Gasteiger partial charge in [0.2, 0.25) is 0 Å². The molecule has 0 aliphatic rings. The number of aryl methyl sites for hydroxylation is 1. The number of rotatable bonds is 6. The number of esters is 1. The number of hydrogen-bond acceptors (Lipinski definition) is 5. The zero-order valence-electron chi connectivity index (χ0n) is 12.3. The van der Waals surface area contributed by atoms with Gasteiger partial charge in [-0.3, -0.25) is 10.1 Å². The molecule has 0 aromatic heterocycles. The molecular formula is C16H14BrNO5. The number of non-ortho nitro benzene ring substituents is 1. The Bertz CT molecular complexity index is 715. The molecule has 2 aromatic rings. The SMILES string of the molecule is Cc1ccc(OCC(=O)OCc2ccc([N+](=O)[O-])cc2)c(Br)c1. The molecule has 6 nitrogen and oxygen atoms in total. The van der Waals surface area contributed by atoms with Gasteiger partial charge in [0.05, 0.1) is 9.40 Å². The molecule has 23 heavy (non-hydrogen) atoms. The van der Waals surface area contributed by atoms with Crippen LogP contribution in [0.25, 0.3) is 0 Å². The summed E-state index contributed by atoms with van der Waals surface area (Å²) in [5, 5.41) is 10.5. The largest absolute Gasteiger partial charge is 0.481 e. The van der Waals surface area contributed by atoms with Crippen molar-refractivity contribution in [3.8, 4) is 5.75 Å². The van der Waals surface area contributed by atoms with Crippen LogP contribution in [0, 0.1) is 17.0 Å². The van der Waals surface area contributed by atoms with Gasteiger partial charge in [-0.2, -0.15) is 0 Å².